The Labute approximate surface area is 118 Å². The van der Waals surface area contributed by atoms with Crippen LogP contribution in [0.5, 0.6) is 0 Å². The second-order valence-corrected chi connectivity index (χ2v) is 4.40. The first-order valence-electron chi connectivity index (χ1n) is 6.00. The van der Waals surface area contributed by atoms with E-state index in [1.165, 1.54) is 24.8 Å². The van der Waals surface area contributed by atoms with Crippen molar-refractivity contribution in [2.45, 2.75) is 20.3 Å². The number of ether oxygens (including phenoxy) is 1. The van der Waals surface area contributed by atoms with Crippen LogP contribution in [0.25, 0.3) is 0 Å². The smallest absolute Gasteiger partial charge is 0.336 e. The van der Waals surface area contributed by atoms with Gasteiger partial charge in [0.05, 0.1) is 17.7 Å². The van der Waals surface area contributed by atoms with Crippen LogP contribution in [0.1, 0.15) is 40.1 Å². The molecule has 0 aliphatic rings. The number of carbonyl (C=O) groups is 2. The summed E-state index contributed by atoms with van der Waals surface area (Å²) in [4.78, 5) is 21.9. The van der Waals surface area contributed by atoms with E-state index in [0.717, 1.165) is 0 Å². The van der Waals surface area contributed by atoms with Crippen molar-refractivity contribution in [3.05, 3.63) is 47.0 Å². The van der Waals surface area contributed by atoms with Crippen LogP contribution in [-0.4, -0.2) is 35.9 Å². The summed E-state index contributed by atoms with van der Waals surface area (Å²) in [6, 6.07) is 4.40. The Morgan fingerprint density at radius 2 is 1.75 bits per heavy atom. The molecule has 5 heteroatoms. The highest BCUT2D eigenvalue weighted by atomic mass is 16.5. The number of hydrogen-bond acceptors (Lipinski definition) is 3. The Kier molecular flexibility index (Phi) is 7.93. The van der Waals surface area contributed by atoms with E-state index in [0.29, 0.717) is 18.6 Å². The monoisotopic (exact) mass is 280 g/mol. The van der Waals surface area contributed by atoms with E-state index in [-0.39, 0.29) is 11.1 Å². The standard InChI is InChI=1S/C11H12O5.C4H8/c1-16-6-5-7-3-2-4-8(10(12)13)9(7)11(14)15;1-4(2)3/h2-4H,5-6H2,1H3,(H,12,13)(H,14,15);1H2,2-3H3. The van der Waals surface area contributed by atoms with Crippen LogP contribution < -0.4 is 0 Å². The van der Waals surface area contributed by atoms with Gasteiger partial charge < -0.3 is 14.9 Å². The average Bonchev–Trinajstić information content (AvgIpc) is 2.34. The SMILES string of the molecule is C=C(C)C.COCCc1cccc(C(=O)O)c1C(=O)O. The van der Waals surface area contributed by atoms with Crippen LogP contribution in [0.4, 0.5) is 0 Å². The van der Waals surface area contributed by atoms with Gasteiger partial charge in [-0.3, -0.25) is 0 Å². The van der Waals surface area contributed by atoms with Gasteiger partial charge in [0.1, 0.15) is 0 Å². The lowest BCUT2D eigenvalue weighted by atomic mass is 9.99. The highest BCUT2D eigenvalue weighted by Gasteiger charge is 2.19. The van der Waals surface area contributed by atoms with E-state index in [9.17, 15) is 9.59 Å². The maximum atomic E-state index is 11.0. The van der Waals surface area contributed by atoms with Gasteiger partial charge in [0.15, 0.2) is 0 Å². The highest BCUT2D eigenvalue weighted by Crippen LogP contribution is 2.16. The van der Waals surface area contributed by atoms with Crippen molar-refractivity contribution in [3.8, 4) is 0 Å². The number of hydrogen-bond donors (Lipinski definition) is 2. The van der Waals surface area contributed by atoms with E-state index < -0.39 is 11.9 Å². The summed E-state index contributed by atoms with van der Waals surface area (Å²) in [6.45, 7) is 7.85. The molecule has 0 aliphatic heterocycles. The number of rotatable bonds is 5. The first kappa shape index (κ1) is 17.9. The van der Waals surface area contributed by atoms with Gasteiger partial charge in [-0.2, -0.15) is 0 Å². The molecule has 0 aliphatic carbocycles. The molecule has 0 saturated heterocycles. The topological polar surface area (TPSA) is 83.8 Å². The molecule has 0 atom stereocenters. The van der Waals surface area contributed by atoms with E-state index >= 15 is 0 Å². The van der Waals surface area contributed by atoms with Gasteiger partial charge >= 0.3 is 11.9 Å². The molecule has 0 radical (unpaired) electrons. The Balaban J connectivity index is 0.000000796. The lowest BCUT2D eigenvalue weighted by Gasteiger charge is -2.08. The molecule has 0 heterocycles. The molecule has 110 valence electrons. The van der Waals surface area contributed by atoms with E-state index in [4.69, 9.17) is 14.9 Å². The highest BCUT2D eigenvalue weighted by molar-refractivity contribution is 6.02. The minimum atomic E-state index is -1.24. The van der Waals surface area contributed by atoms with Gasteiger partial charge in [-0.25, -0.2) is 9.59 Å². The zero-order chi connectivity index (χ0) is 15.7. The molecule has 0 unspecified atom stereocenters. The second kappa shape index (κ2) is 8.87. The van der Waals surface area contributed by atoms with Crippen LogP contribution in [0.15, 0.2) is 30.4 Å². The fraction of sp³-hybridized carbons (Fsp3) is 0.333. The molecular formula is C15H20O5. The minimum absolute atomic E-state index is 0.160. The summed E-state index contributed by atoms with van der Waals surface area (Å²) in [6.07, 6.45) is 0.374. The van der Waals surface area contributed by atoms with Gasteiger partial charge in [0.2, 0.25) is 0 Å². The molecular weight excluding hydrogens is 260 g/mol. The van der Waals surface area contributed by atoms with Crippen molar-refractivity contribution in [1.29, 1.82) is 0 Å². The van der Waals surface area contributed by atoms with Crippen LogP contribution >= 0.6 is 0 Å². The molecule has 2 N–H and O–H groups in total. The van der Waals surface area contributed by atoms with Crippen molar-refractivity contribution in [2.75, 3.05) is 13.7 Å². The molecule has 0 spiro atoms. The van der Waals surface area contributed by atoms with E-state index in [2.05, 4.69) is 6.58 Å². The summed E-state index contributed by atoms with van der Waals surface area (Å²) in [5, 5.41) is 17.9. The predicted octanol–water partition coefficient (Wildman–Crippen LogP) is 2.85. The van der Waals surface area contributed by atoms with Crippen LogP contribution in [0, 0.1) is 0 Å². The normalized spacial score (nSPS) is 9.35. The Bertz CT molecular complexity index is 487. The summed E-state index contributed by atoms with van der Waals surface area (Å²) < 4.78 is 4.84. The Morgan fingerprint density at radius 1 is 1.20 bits per heavy atom. The maximum Gasteiger partial charge on any atom is 0.336 e. The Hall–Kier alpha value is -2.14. The van der Waals surface area contributed by atoms with Gasteiger partial charge in [0, 0.05) is 7.11 Å². The molecule has 1 aromatic rings. The second-order valence-electron chi connectivity index (χ2n) is 4.40. The molecule has 5 nitrogen and oxygen atoms in total. The molecule has 0 bridgehead atoms. The van der Waals surface area contributed by atoms with Crippen LogP contribution in [0.3, 0.4) is 0 Å². The third-order valence-electron chi connectivity index (χ3n) is 2.17. The predicted molar refractivity (Wildman–Crippen MR) is 76.4 cm³/mol. The van der Waals surface area contributed by atoms with Gasteiger partial charge in [-0.1, -0.05) is 17.7 Å². The molecule has 0 saturated carbocycles. The molecule has 1 rings (SSSR count). The first-order valence-corrected chi connectivity index (χ1v) is 6.00. The number of carboxylic acid groups (broad SMARTS) is 2. The fourth-order valence-corrected chi connectivity index (χ4v) is 1.45. The number of carboxylic acids is 2. The van der Waals surface area contributed by atoms with Gasteiger partial charge in [-0.15, -0.1) is 6.58 Å². The van der Waals surface area contributed by atoms with Crippen molar-refractivity contribution in [1.82, 2.24) is 0 Å². The fourth-order valence-electron chi connectivity index (χ4n) is 1.45. The van der Waals surface area contributed by atoms with Gasteiger partial charge in [0.25, 0.3) is 0 Å². The summed E-state index contributed by atoms with van der Waals surface area (Å²) >= 11 is 0. The zero-order valence-electron chi connectivity index (χ0n) is 12.0. The summed E-state index contributed by atoms with van der Waals surface area (Å²) in [5.74, 6) is -2.47. The summed E-state index contributed by atoms with van der Waals surface area (Å²) in [5.41, 5.74) is 1.28. The van der Waals surface area contributed by atoms with Gasteiger partial charge in [-0.05, 0) is 31.9 Å². The number of benzene rings is 1. The molecule has 0 aromatic heterocycles. The third kappa shape index (κ3) is 6.15. The number of aromatic carboxylic acids is 2. The van der Waals surface area contributed by atoms with Crippen molar-refractivity contribution >= 4 is 11.9 Å². The number of allylic oxidation sites excluding steroid dienone is 1. The minimum Gasteiger partial charge on any atom is -0.478 e. The van der Waals surface area contributed by atoms with Crippen molar-refractivity contribution in [2.24, 2.45) is 0 Å². The third-order valence-corrected chi connectivity index (χ3v) is 2.17. The lowest BCUT2D eigenvalue weighted by Crippen LogP contribution is -2.12. The molecule has 0 fully saturated rings. The number of methoxy groups -OCH3 is 1. The molecule has 1 aromatic carbocycles. The van der Waals surface area contributed by atoms with Crippen molar-refractivity contribution < 1.29 is 24.5 Å². The first-order chi connectivity index (χ1) is 9.31. The van der Waals surface area contributed by atoms with Crippen LogP contribution in [0.2, 0.25) is 0 Å². The van der Waals surface area contributed by atoms with Crippen molar-refractivity contribution in [3.63, 3.8) is 0 Å². The van der Waals surface area contributed by atoms with E-state index in [1.54, 1.807) is 6.07 Å². The summed E-state index contributed by atoms with van der Waals surface area (Å²) in [7, 11) is 1.50. The quantitative estimate of drug-likeness (QED) is 0.810. The lowest BCUT2D eigenvalue weighted by molar-refractivity contribution is 0.0650. The average molecular weight is 280 g/mol. The van der Waals surface area contributed by atoms with E-state index in [1.807, 2.05) is 13.8 Å². The molecule has 0 amide bonds. The molecule has 20 heavy (non-hydrogen) atoms. The zero-order valence-corrected chi connectivity index (χ0v) is 12.0. The largest absolute Gasteiger partial charge is 0.478 e. The maximum absolute atomic E-state index is 11.0. The Morgan fingerprint density at radius 3 is 2.15 bits per heavy atom. The van der Waals surface area contributed by atoms with Crippen LogP contribution in [-0.2, 0) is 11.2 Å².